The van der Waals surface area contributed by atoms with E-state index in [-0.39, 0.29) is 17.7 Å². The van der Waals surface area contributed by atoms with Crippen molar-refractivity contribution in [2.75, 3.05) is 5.32 Å². The van der Waals surface area contributed by atoms with Gasteiger partial charge in [0.2, 0.25) is 5.91 Å². The van der Waals surface area contributed by atoms with Crippen LogP contribution in [0, 0.1) is 10.1 Å². The summed E-state index contributed by atoms with van der Waals surface area (Å²) < 4.78 is 5.78. The molecule has 6 nitrogen and oxygen atoms in total. The molecule has 0 aromatic heterocycles. The van der Waals surface area contributed by atoms with Gasteiger partial charge in [-0.2, -0.15) is 0 Å². The quantitative estimate of drug-likeness (QED) is 0.525. The highest BCUT2D eigenvalue weighted by Gasteiger charge is 2.42. The Morgan fingerprint density at radius 1 is 1.14 bits per heavy atom. The zero-order valence-corrected chi connectivity index (χ0v) is 16.3. The van der Waals surface area contributed by atoms with Crippen molar-refractivity contribution in [3.05, 3.63) is 64.2 Å². The normalized spacial score (nSPS) is 16.4. The molecule has 148 valence electrons. The molecule has 1 aliphatic carbocycles. The second-order valence-electron chi connectivity index (χ2n) is 7.41. The molecule has 2 aromatic rings. The minimum absolute atomic E-state index is 0.0363. The standard InChI is InChI=1S/C22H26N2O4/c1-3-16(2)28-20-12-8-18(9-13-20)23-21(25)22(14-4-5-15-22)17-6-10-19(11-7-17)24(26)27/h6-13,16H,3-5,14-15H2,1-2H3,(H,23,25)/t16-/m1/s1. The maximum Gasteiger partial charge on any atom is 0.269 e. The summed E-state index contributed by atoms with van der Waals surface area (Å²) >= 11 is 0. The molecule has 1 aliphatic rings. The number of nitrogens with one attached hydrogen (secondary N) is 1. The molecule has 0 radical (unpaired) electrons. The molecule has 0 unspecified atom stereocenters. The SMILES string of the molecule is CC[C@@H](C)Oc1ccc(NC(=O)C2(c3ccc([N+](=O)[O-])cc3)CCCC2)cc1. The smallest absolute Gasteiger partial charge is 0.269 e. The number of nitro benzene ring substituents is 1. The van der Waals surface area contributed by atoms with E-state index in [1.54, 1.807) is 12.1 Å². The number of ether oxygens (including phenoxy) is 1. The van der Waals surface area contributed by atoms with Gasteiger partial charge in [-0.25, -0.2) is 0 Å². The Hall–Kier alpha value is -2.89. The van der Waals surface area contributed by atoms with Gasteiger partial charge >= 0.3 is 0 Å². The maximum atomic E-state index is 13.2. The van der Waals surface area contributed by atoms with Crippen LogP contribution in [0.4, 0.5) is 11.4 Å². The maximum absolute atomic E-state index is 13.2. The predicted molar refractivity (Wildman–Crippen MR) is 109 cm³/mol. The largest absolute Gasteiger partial charge is 0.491 e. The Morgan fingerprint density at radius 2 is 1.75 bits per heavy atom. The van der Waals surface area contributed by atoms with Crippen LogP contribution in [-0.2, 0) is 10.2 Å². The number of nitrogens with zero attached hydrogens (tertiary/aromatic N) is 1. The molecule has 0 bridgehead atoms. The monoisotopic (exact) mass is 382 g/mol. The van der Waals surface area contributed by atoms with Crippen LogP contribution < -0.4 is 10.1 Å². The van der Waals surface area contributed by atoms with E-state index in [2.05, 4.69) is 12.2 Å². The number of non-ortho nitro benzene ring substituents is 1. The van der Waals surface area contributed by atoms with Crippen LogP contribution in [0.25, 0.3) is 0 Å². The summed E-state index contributed by atoms with van der Waals surface area (Å²) in [5.74, 6) is 0.716. The third-order valence-corrected chi connectivity index (χ3v) is 5.55. The van der Waals surface area contributed by atoms with Crippen LogP contribution in [0.2, 0.25) is 0 Å². The molecule has 1 atom stereocenters. The molecule has 1 N–H and O–H groups in total. The van der Waals surface area contributed by atoms with E-state index in [4.69, 9.17) is 4.74 Å². The second-order valence-corrected chi connectivity index (χ2v) is 7.41. The lowest BCUT2D eigenvalue weighted by Crippen LogP contribution is -2.38. The average Bonchev–Trinajstić information content (AvgIpc) is 3.20. The molecule has 1 fully saturated rings. The topological polar surface area (TPSA) is 81.5 Å². The summed E-state index contributed by atoms with van der Waals surface area (Å²) in [5.41, 5.74) is 0.954. The lowest BCUT2D eigenvalue weighted by Gasteiger charge is -2.28. The summed E-state index contributed by atoms with van der Waals surface area (Å²) in [4.78, 5) is 23.7. The van der Waals surface area contributed by atoms with Gasteiger partial charge in [0.25, 0.3) is 5.69 Å². The third-order valence-electron chi connectivity index (χ3n) is 5.55. The summed E-state index contributed by atoms with van der Waals surface area (Å²) in [6.45, 7) is 4.09. The van der Waals surface area contributed by atoms with Crippen LogP contribution in [0.3, 0.4) is 0 Å². The van der Waals surface area contributed by atoms with Gasteiger partial charge in [0, 0.05) is 17.8 Å². The van der Waals surface area contributed by atoms with Crippen LogP contribution >= 0.6 is 0 Å². The highest BCUT2D eigenvalue weighted by molar-refractivity contribution is 5.99. The van der Waals surface area contributed by atoms with E-state index >= 15 is 0 Å². The molecule has 0 spiro atoms. The fraction of sp³-hybridized carbons (Fsp3) is 0.409. The lowest BCUT2D eigenvalue weighted by molar-refractivity contribution is -0.384. The zero-order valence-electron chi connectivity index (χ0n) is 16.3. The van der Waals surface area contributed by atoms with Crippen LogP contribution in [0.5, 0.6) is 5.75 Å². The zero-order chi connectivity index (χ0) is 20.1. The van der Waals surface area contributed by atoms with Crippen molar-refractivity contribution >= 4 is 17.3 Å². The van der Waals surface area contributed by atoms with Crippen molar-refractivity contribution in [2.45, 2.75) is 57.5 Å². The number of amides is 1. The molecule has 0 saturated heterocycles. The number of carbonyl (C=O) groups is 1. The van der Waals surface area contributed by atoms with Crippen LogP contribution in [-0.4, -0.2) is 16.9 Å². The number of carbonyl (C=O) groups excluding carboxylic acids is 1. The number of nitro groups is 1. The van der Waals surface area contributed by atoms with Crippen molar-refractivity contribution in [2.24, 2.45) is 0 Å². The highest BCUT2D eigenvalue weighted by Crippen LogP contribution is 2.42. The second kappa shape index (κ2) is 8.42. The first-order valence-electron chi connectivity index (χ1n) is 9.78. The van der Waals surface area contributed by atoms with Gasteiger partial charge in [-0.05, 0) is 56.0 Å². The first-order chi connectivity index (χ1) is 13.4. The lowest BCUT2D eigenvalue weighted by atomic mass is 9.78. The Labute approximate surface area is 165 Å². The molecular formula is C22H26N2O4. The van der Waals surface area contributed by atoms with E-state index in [0.717, 1.165) is 49.1 Å². The Kier molecular flexibility index (Phi) is 5.97. The molecule has 0 heterocycles. The van der Waals surface area contributed by atoms with Gasteiger partial charge in [0.15, 0.2) is 0 Å². The summed E-state index contributed by atoms with van der Waals surface area (Å²) in [6, 6.07) is 13.8. The van der Waals surface area contributed by atoms with Gasteiger partial charge in [0.1, 0.15) is 5.75 Å². The van der Waals surface area contributed by atoms with Crippen molar-refractivity contribution in [1.29, 1.82) is 0 Å². The molecule has 6 heteroatoms. The number of benzene rings is 2. The highest BCUT2D eigenvalue weighted by atomic mass is 16.6. The molecule has 1 saturated carbocycles. The molecule has 28 heavy (non-hydrogen) atoms. The van der Waals surface area contributed by atoms with Crippen LogP contribution in [0.15, 0.2) is 48.5 Å². The summed E-state index contributed by atoms with van der Waals surface area (Å²) in [6.07, 6.45) is 4.48. The molecule has 2 aromatic carbocycles. The van der Waals surface area contributed by atoms with Gasteiger partial charge in [0.05, 0.1) is 16.4 Å². The Balaban J connectivity index is 1.77. The number of anilines is 1. The fourth-order valence-electron chi connectivity index (χ4n) is 3.71. The van der Waals surface area contributed by atoms with Crippen molar-refractivity contribution in [1.82, 2.24) is 0 Å². The molecule has 1 amide bonds. The predicted octanol–water partition coefficient (Wildman–Crippen LogP) is 5.22. The minimum atomic E-state index is -0.638. The summed E-state index contributed by atoms with van der Waals surface area (Å²) in [7, 11) is 0. The van der Waals surface area contributed by atoms with E-state index in [1.807, 2.05) is 31.2 Å². The van der Waals surface area contributed by atoms with Gasteiger partial charge in [-0.1, -0.05) is 31.9 Å². The first-order valence-corrected chi connectivity index (χ1v) is 9.78. The van der Waals surface area contributed by atoms with Gasteiger partial charge in [-0.3, -0.25) is 14.9 Å². The Bertz CT molecular complexity index is 825. The molecule has 0 aliphatic heterocycles. The van der Waals surface area contributed by atoms with Crippen LogP contribution in [0.1, 0.15) is 51.5 Å². The van der Waals surface area contributed by atoms with E-state index in [0.29, 0.717) is 0 Å². The molecular weight excluding hydrogens is 356 g/mol. The minimum Gasteiger partial charge on any atom is -0.491 e. The number of hydrogen-bond donors (Lipinski definition) is 1. The number of rotatable bonds is 7. The van der Waals surface area contributed by atoms with Gasteiger partial charge < -0.3 is 10.1 Å². The van der Waals surface area contributed by atoms with Gasteiger partial charge in [-0.15, -0.1) is 0 Å². The third kappa shape index (κ3) is 4.16. The van der Waals surface area contributed by atoms with E-state index in [9.17, 15) is 14.9 Å². The van der Waals surface area contributed by atoms with Crippen molar-refractivity contribution in [3.8, 4) is 5.75 Å². The molecule has 3 rings (SSSR count). The van der Waals surface area contributed by atoms with Crippen molar-refractivity contribution in [3.63, 3.8) is 0 Å². The average molecular weight is 382 g/mol. The first kappa shape index (κ1) is 19.9. The Morgan fingerprint density at radius 3 is 2.29 bits per heavy atom. The fourth-order valence-corrected chi connectivity index (χ4v) is 3.71. The summed E-state index contributed by atoms with van der Waals surface area (Å²) in [5, 5.41) is 13.9. The van der Waals surface area contributed by atoms with Crippen molar-refractivity contribution < 1.29 is 14.5 Å². The number of hydrogen-bond acceptors (Lipinski definition) is 4. The van der Waals surface area contributed by atoms with E-state index < -0.39 is 10.3 Å². The van der Waals surface area contributed by atoms with E-state index in [1.165, 1.54) is 12.1 Å².